The predicted octanol–water partition coefficient (Wildman–Crippen LogP) is 5.30. The molecule has 1 aliphatic rings. The number of hydrogen-bond acceptors (Lipinski definition) is 3. The maximum atomic E-state index is 13.0. The summed E-state index contributed by atoms with van der Waals surface area (Å²) in [5.74, 6) is 0.858. The van der Waals surface area contributed by atoms with Crippen molar-refractivity contribution >= 4 is 11.7 Å². The molecule has 0 unspecified atom stereocenters. The van der Waals surface area contributed by atoms with Crippen LogP contribution in [0.5, 0.6) is 0 Å². The zero-order chi connectivity index (χ0) is 19.7. The smallest absolute Gasteiger partial charge is 0.289 e. The van der Waals surface area contributed by atoms with Gasteiger partial charge in [0.25, 0.3) is 5.91 Å². The number of furan rings is 1. The fourth-order valence-corrected chi connectivity index (χ4v) is 3.92. The predicted molar refractivity (Wildman–Crippen MR) is 108 cm³/mol. The summed E-state index contributed by atoms with van der Waals surface area (Å²) in [6.07, 6.45) is 3.10. The fourth-order valence-electron chi connectivity index (χ4n) is 3.92. The van der Waals surface area contributed by atoms with Crippen LogP contribution in [0.3, 0.4) is 0 Å². The van der Waals surface area contributed by atoms with Crippen molar-refractivity contribution < 1.29 is 14.0 Å². The third-order valence-corrected chi connectivity index (χ3v) is 5.52. The van der Waals surface area contributed by atoms with Gasteiger partial charge < -0.3 is 9.32 Å². The molecule has 0 spiro atoms. The van der Waals surface area contributed by atoms with Gasteiger partial charge in [0.05, 0.1) is 6.04 Å². The lowest BCUT2D eigenvalue weighted by atomic mass is 9.87. The summed E-state index contributed by atoms with van der Waals surface area (Å²) in [5, 5.41) is 0. The van der Waals surface area contributed by atoms with Crippen LogP contribution >= 0.6 is 0 Å². The van der Waals surface area contributed by atoms with Gasteiger partial charge in [-0.15, -0.1) is 0 Å². The monoisotopic (exact) mass is 373 g/mol. The zero-order valence-electron chi connectivity index (χ0n) is 16.1. The highest BCUT2D eigenvalue weighted by atomic mass is 16.4. The van der Waals surface area contributed by atoms with Crippen molar-refractivity contribution in [3.63, 3.8) is 0 Å². The molecule has 28 heavy (non-hydrogen) atoms. The summed E-state index contributed by atoms with van der Waals surface area (Å²) in [6, 6.07) is 19.2. The maximum Gasteiger partial charge on any atom is 0.289 e. The molecule has 1 amide bonds. The number of rotatable bonds is 4. The third-order valence-electron chi connectivity index (χ3n) is 5.52. The Morgan fingerprint density at radius 2 is 1.75 bits per heavy atom. The average molecular weight is 373 g/mol. The first kappa shape index (κ1) is 18.2. The molecule has 1 aromatic heterocycles. The topological polar surface area (TPSA) is 50.5 Å². The molecule has 142 valence electrons. The van der Waals surface area contributed by atoms with Crippen LogP contribution < -0.4 is 0 Å². The molecule has 0 fully saturated rings. The van der Waals surface area contributed by atoms with Crippen LogP contribution in [0.2, 0.25) is 0 Å². The van der Waals surface area contributed by atoms with E-state index in [2.05, 4.69) is 18.2 Å². The van der Waals surface area contributed by atoms with Crippen molar-refractivity contribution in [2.45, 2.75) is 32.2 Å². The molecule has 1 aliphatic carbocycles. The minimum absolute atomic E-state index is 0.0243. The Kier molecular flexibility index (Phi) is 4.86. The largest absolute Gasteiger partial charge is 0.451 e. The van der Waals surface area contributed by atoms with Crippen LogP contribution in [-0.4, -0.2) is 23.6 Å². The van der Waals surface area contributed by atoms with Crippen LogP contribution in [-0.2, 0) is 6.42 Å². The van der Waals surface area contributed by atoms with Gasteiger partial charge in [0.15, 0.2) is 11.5 Å². The van der Waals surface area contributed by atoms with Gasteiger partial charge in [-0.05, 0) is 49.4 Å². The standard InChI is InChI=1S/C24H23NO3/c1-16(26)17-10-12-19(13-11-17)22-14-15-23(28-22)24(27)25(2)21-9-5-7-18-6-3-4-8-20(18)21/h3-4,6,8,10-15,21H,5,7,9H2,1-2H3/t21-/m0/s1. The summed E-state index contributed by atoms with van der Waals surface area (Å²) in [6.45, 7) is 1.54. The lowest BCUT2D eigenvalue weighted by Gasteiger charge is -2.32. The SMILES string of the molecule is CC(=O)c1ccc(-c2ccc(C(=O)N(C)[C@H]3CCCc4ccccc43)o2)cc1. The summed E-state index contributed by atoms with van der Waals surface area (Å²) in [7, 11) is 1.85. The second-order valence-corrected chi connectivity index (χ2v) is 7.32. The first-order valence-electron chi connectivity index (χ1n) is 9.61. The molecular formula is C24H23NO3. The molecule has 0 saturated carbocycles. The molecule has 2 aromatic carbocycles. The van der Waals surface area contributed by atoms with Gasteiger partial charge in [0.1, 0.15) is 5.76 Å². The molecule has 0 N–H and O–H groups in total. The van der Waals surface area contributed by atoms with E-state index in [4.69, 9.17) is 4.42 Å². The van der Waals surface area contributed by atoms with Crippen molar-refractivity contribution in [1.29, 1.82) is 0 Å². The highest BCUT2D eigenvalue weighted by Crippen LogP contribution is 2.34. The molecule has 1 atom stereocenters. The van der Waals surface area contributed by atoms with E-state index < -0.39 is 0 Å². The van der Waals surface area contributed by atoms with E-state index in [9.17, 15) is 9.59 Å². The quantitative estimate of drug-likeness (QED) is 0.583. The normalized spacial score (nSPS) is 15.7. The van der Waals surface area contributed by atoms with E-state index in [0.29, 0.717) is 17.1 Å². The van der Waals surface area contributed by atoms with E-state index in [1.54, 1.807) is 29.2 Å². The first-order valence-corrected chi connectivity index (χ1v) is 9.61. The Morgan fingerprint density at radius 1 is 1.00 bits per heavy atom. The van der Waals surface area contributed by atoms with Crippen LogP contribution in [0.15, 0.2) is 65.1 Å². The molecule has 4 heteroatoms. The second kappa shape index (κ2) is 7.47. The molecule has 0 saturated heterocycles. The number of carbonyl (C=O) groups excluding carboxylic acids is 2. The lowest BCUT2D eigenvalue weighted by molar-refractivity contribution is 0.0683. The van der Waals surface area contributed by atoms with Gasteiger partial charge in [-0.25, -0.2) is 0 Å². The number of fused-ring (bicyclic) bond motifs is 1. The number of ketones is 1. The lowest BCUT2D eigenvalue weighted by Crippen LogP contribution is -2.33. The Morgan fingerprint density at radius 3 is 2.50 bits per heavy atom. The van der Waals surface area contributed by atoms with Crippen molar-refractivity contribution in [2.75, 3.05) is 7.05 Å². The van der Waals surface area contributed by atoms with Crippen LogP contribution in [0.25, 0.3) is 11.3 Å². The number of Topliss-reactive ketones (excluding diaryl/α,β-unsaturated/α-hetero) is 1. The van der Waals surface area contributed by atoms with Crippen LogP contribution in [0.1, 0.15) is 57.8 Å². The summed E-state index contributed by atoms with van der Waals surface area (Å²) in [5.41, 5.74) is 4.05. The summed E-state index contributed by atoms with van der Waals surface area (Å²) < 4.78 is 5.86. The van der Waals surface area contributed by atoms with Gasteiger partial charge in [0.2, 0.25) is 0 Å². The van der Waals surface area contributed by atoms with E-state index in [1.165, 1.54) is 18.1 Å². The van der Waals surface area contributed by atoms with E-state index >= 15 is 0 Å². The minimum atomic E-state index is -0.117. The zero-order valence-corrected chi connectivity index (χ0v) is 16.1. The van der Waals surface area contributed by atoms with Crippen molar-refractivity contribution in [3.8, 4) is 11.3 Å². The van der Waals surface area contributed by atoms with E-state index in [1.807, 2.05) is 25.2 Å². The van der Waals surface area contributed by atoms with Gasteiger partial charge in [-0.2, -0.15) is 0 Å². The number of hydrogen-bond donors (Lipinski definition) is 0. The highest BCUT2D eigenvalue weighted by Gasteiger charge is 2.28. The Bertz CT molecular complexity index is 1020. The van der Waals surface area contributed by atoms with Crippen molar-refractivity contribution in [3.05, 3.63) is 83.1 Å². The number of aryl methyl sites for hydroxylation is 1. The number of nitrogens with zero attached hydrogens (tertiary/aromatic N) is 1. The molecule has 3 aromatic rings. The van der Waals surface area contributed by atoms with Crippen LogP contribution in [0.4, 0.5) is 0 Å². The summed E-state index contributed by atoms with van der Waals surface area (Å²) >= 11 is 0. The molecule has 0 radical (unpaired) electrons. The Labute approximate surface area is 164 Å². The highest BCUT2D eigenvalue weighted by molar-refractivity contribution is 5.94. The molecular weight excluding hydrogens is 350 g/mol. The van der Waals surface area contributed by atoms with Crippen molar-refractivity contribution in [1.82, 2.24) is 4.90 Å². The van der Waals surface area contributed by atoms with Gasteiger partial charge >= 0.3 is 0 Å². The number of carbonyl (C=O) groups is 2. The van der Waals surface area contributed by atoms with E-state index in [-0.39, 0.29) is 17.7 Å². The Hall–Kier alpha value is -3.14. The minimum Gasteiger partial charge on any atom is -0.451 e. The molecule has 0 bridgehead atoms. The number of benzene rings is 2. The van der Waals surface area contributed by atoms with Gasteiger partial charge in [-0.1, -0.05) is 48.5 Å². The molecule has 4 rings (SSSR count). The maximum absolute atomic E-state index is 13.0. The second-order valence-electron chi connectivity index (χ2n) is 7.32. The van der Waals surface area contributed by atoms with Crippen molar-refractivity contribution in [2.24, 2.45) is 0 Å². The fraction of sp³-hybridized carbons (Fsp3) is 0.250. The molecule has 0 aliphatic heterocycles. The van der Waals surface area contributed by atoms with Crippen LogP contribution in [0, 0.1) is 0 Å². The van der Waals surface area contributed by atoms with Gasteiger partial charge in [0, 0.05) is 18.2 Å². The first-order chi connectivity index (χ1) is 13.5. The number of amides is 1. The summed E-state index contributed by atoms with van der Waals surface area (Å²) in [4.78, 5) is 26.2. The van der Waals surface area contributed by atoms with Gasteiger partial charge in [-0.3, -0.25) is 9.59 Å². The Balaban J connectivity index is 1.55. The average Bonchev–Trinajstić information content (AvgIpc) is 3.22. The molecule has 4 nitrogen and oxygen atoms in total. The molecule has 1 heterocycles. The third kappa shape index (κ3) is 3.38. The van der Waals surface area contributed by atoms with E-state index in [0.717, 1.165) is 24.8 Å².